The molecule has 0 rings (SSSR count). The SMILES string of the molecule is CC(C)C(=O)NCCNC(=O)C(F)(F)C(F)(F)F. The molecule has 0 atom stereocenters. The van der Waals surface area contributed by atoms with Gasteiger partial charge in [0.2, 0.25) is 5.91 Å². The Morgan fingerprint density at radius 1 is 1.00 bits per heavy atom. The van der Waals surface area contributed by atoms with Crippen LogP contribution in [0.1, 0.15) is 13.8 Å². The number of alkyl halides is 5. The van der Waals surface area contributed by atoms with Crippen molar-refractivity contribution >= 4 is 11.8 Å². The quantitative estimate of drug-likeness (QED) is 0.583. The Labute approximate surface area is 99.9 Å². The summed E-state index contributed by atoms with van der Waals surface area (Å²) < 4.78 is 60.1. The van der Waals surface area contributed by atoms with Crippen molar-refractivity contribution in [1.82, 2.24) is 10.6 Å². The van der Waals surface area contributed by atoms with Gasteiger partial charge in [-0.15, -0.1) is 0 Å². The molecule has 0 aliphatic rings. The van der Waals surface area contributed by atoms with Crippen molar-refractivity contribution in [3.8, 4) is 0 Å². The first kappa shape index (κ1) is 16.6. The lowest BCUT2D eigenvalue weighted by atomic mass is 10.2. The zero-order valence-corrected chi connectivity index (χ0v) is 9.70. The molecule has 0 saturated carbocycles. The van der Waals surface area contributed by atoms with Gasteiger partial charge >= 0.3 is 12.1 Å². The van der Waals surface area contributed by atoms with Gasteiger partial charge in [0, 0.05) is 19.0 Å². The molecule has 0 aliphatic carbocycles. The van der Waals surface area contributed by atoms with Gasteiger partial charge in [0.05, 0.1) is 0 Å². The van der Waals surface area contributed by atoms with Crippen molar-refractivity contribution in [3.63, 3.8) is 0 Å². The van der Waals surface area contributed by atoms with Crippen molar-refractivity contribution in [3.05, 3.63) is 0 Å². The lowest BCUT2D eigenvalue weighted by Gasteiger charge is -2.18. The van der Waals surface area contributed by atoms with Gasteiger partial charge in [-0.2, -0.15) is 22.0 Å². The van der Waals surface area contributed by atoms with E-state index in [1.165, 1.54) is 5.32 Å². The molecule has 0 unspecified atom stereocenters. The number of carbonyl (C=O) groups is 2. The highest BCUT2D eigenvalue weighted by atomic mass is 19.4. The molecular formula is C9H13F5N2O2. The number of rotatable bonds is 5. The van der Waals surface area contributed by atoms with Crippen molar-refractivity contribution in [2.24, 2.45) is 5.92 Å². The van der Waals surface area contributed by atoms with Gasteiger partial charge in [-0.05, 0) is 0 Å². The van der Waals surface area contributed by atoms with Crippen LogP contribution in [0.15, 0.2) is 0 Å². The van der Waals surface area contributed by atoms with Crippen LogP contribution in [0.2, 0.25) is 0 Å². The molecule has 0 bridgehead atoms. The Morgan fingerprint density at radius 2 is 1.44 bits per heavy atom. The van der Waals surface area contributed by atoms with E-state index in [1.807, 2.05) is 0 Å². The van der Waals surface area contributed by atoms with Crippen LogP contribution in [0.25, 0.3) is 0 Å². The van der Waals surface area contributed by atoms with E-state index in [4.69, 9.17) is 0 Å². The van der Waals surface area contributed by atoms with Crippen LogP contribution in [-0.2, 0) is 9.59 Å². The molecule has 0 saturated heterocycles. The second kappa shape index (κ2) is 5.96. The van der Waals surface area contributed by atoms with Gasteiger partial charge in [0.15, 0.2) is 0 Å². The van der Waals surface area contributed by atoms with Crippen LogP contribution in [0, 0.1) is 5.92 Å². The van der Waals surface area contributed by atoms with Gasteiger partial charge in [0.1, 0.15) is 0 Å². The van der Waals surface area contributed by atoms with E-state index < -0.39 is 30.5 Å². The summed E-state index contributed by atoms with van der Waals surface area (Å²) in [5.41, 5.74) is 0. The molecule has 0 aliphatic heterocycles. The lowest BCUT2D eigenvalue weighted by Crippen LogP contribution is -2.51. The van der Waals surface area contributed by atoms with Crippen molar-refractivity contribution in [2.45, 2.75) is 25.9 Å². The first-order chi connectivity index (χ1) is 8.00. The minimum Gasteiger partial charge on any atom is -0.354 e. The average molecular weight is 276 g/mol. The fourth-order valence-electron chi connectivity index (χ4n) is 0.806. The fourth-order valence-corrected chi connectivity index (χ4v) is 0.806. The number of hydrogen-bond acceptors (Lipinski definition) is 2. The molecular weight excluding hydrogens is 263 g/mol. The standard InChI is InChI=1S/C9H13F5N2O2/c1-5(2)6(17)15-3-4-16-7(18)8(10,11)9(12,13)14/h5H,3-4H2,1-2H3,(H,15,17)(H,16,18). The second-order valence-electron chi connectivity index (χ2n) is 3.77. The van der Waals surface area contributed by atoms with E-state index in [2.05, 4.69) is 5.32 Å². The van der Waals surface area contributed by atoms with Gasteiger partial charge < -0.3 is 10.6 Å². The van der Waals surface area contributed by atoms with Gasteiger partial charge in [-0.1, -0.05) is 13.8 Å². The monoisotopic (exact) mass is 276 g/mol. The van der Waals surface area contributed by atoms with E-state index in [9.17, 15) is 31.5 Å². The zero-order valence-electron chi connectivity index (χ0n) is 9.70. The average Bonchev–Trinajstić information content (AvgIpc) is 2.21. The molecule has 0 spiro atoms. The summed E-state index contributed by atoms with van der Waals surface area (Å²) in [6.45, 7) is 2.41. The van der Waals surface area contributed by atoms with E-state index >= 15 is 0 Å². The second-order valence-corrected chi connectivity index (χ2v) is 3.77. The van der Waals surface area contributed by atoms with Gasteiger partial charge in [-0.3, -0.25) is 9.59 Å². The zero-order chi connectivity index (χ0) is 14.6. The first-order valence-corrected chi connectivity index (χ1v) is 5.00. The Hall–Kier alpha value is -1.41. The highest BCUT2D eigenvalue weighted by Crippen LogP contribution is 2.35. The van der Waals surface area contributed by atoms with Crippen molar-refractivity contribution in [1.29, 1.82) is 0 Å². The van der Waals surface area contributed by atoms with E-state index in [0.29, 0.717) is 0 Å². The summed E-state index contributed by atoms with van der Waals surface area (Å²) in [7, 11) is 0. The first-order valence-electron chi connectivity index (χ1n) is 5.00. The maximum atomic E-state index is 12.4. The fraction of sp³-hybridized carbons (Fsp3) is 0.778. The maximum absolute atomic E-state index is 12.4. The largest absolute Gasteiger partial charge is 0.463 e. The summed E-state index contributed by atoms with van der Waals surface area (Å²) in [6, 6.07) is 0. The van der Waals surface area contributed by atoms with Crippen LogP contribution in [-0.4, -0.2) is 37.0 Å². The number of nitrogens with one attached hydrogen (secondary N) is 2. The van der Waals surface area contributed by atoms with E-state index in [0.717, 1.165) is 0 Å². The summed E-state index contributed by atoms with van der Waals surface area (Å²) >= 11 is 0. The Kier molecular flexibility index (Phi) is 5.50. The van der Waals surface area contributed by atoms with Crippen LogP contribution in [0.4, 0.5) is 22.0 Å². The van der Waals surface area contributed by atoms with E-state index in [1.54, 1.807) is 13.8 Å². The smallest absolute Gasteiger partial charge is 0.354 e. The minimum atomic E-state index is -5.93. The molecule has 0 aromatic heterocycles. The highest BCUT2D eigenvalue weighted by Gasteiger charge is 2.63. The molecule has 2 N–H and O–H groups in total. The number of halogens is 5. The summed E-state index contributed by atoms with van der Waals surface area (Å²) in [5.74, 6) is -8.62. The van der Waals surface area contributed by atoms with Crippen LogP contribution in [0.5, 0.6) is 0 Å². The van der Waals surface area contributed by atoms with Crippen molar-refractivity contribution < 1.29 is 31.5 Å². The predicted octanol–water partition coefficient (Wildman–Crippen LogP) is 1.07. The van der Waals surface area contributed by atoms with Crippen LogP contribution < -0.4 is 10.6 Å². The third-order valence-corrected chi connectivity index (χ3v) is 1.88. The Morgan fingerprint density at radius 3 is 1.83 bits per heavy atom. The molecule has 0 aromatic carbocycles. The summed E-state index contributed by atoms with van der Waals surface area (Å²) in [6.07, 6.45) is -5.93. The maximum Gasteiger partial charge on any atom is 0.463 e. The Balaban J connectivity index is 4.10. The molecule has 9 heteroatoms. The summed E-state index contributed by atoms with van der Waals surface area (Å²) in [4.78, 5) is 21.6. The number of hydrogen-bond donors (Lipinski definition) is 2. The highest BCUT2D eigenvalue weighted by molar-refractivity contribution is 5.84. The van der Waals surface area contributed by atoms with Crippen LogP contribution >= 0.6 is 0 Å². The minimum absolute atomic E-state index is 0.226. The molecule has 0 fully saturated rings. The van der Waals surface area contributed by atoms with Crippen LogP contribution in [0.3, 0.4) is 0 Å². The summed E-state index contributed by atoms with van der Waals surface area (Å²) in [5, 5.41) is 3.65. The molecule has 106 valence electrons. The molecule has 0 radical (unpaired) electrons. The lowest BCUT2D eigenvalue weighted by molar-refractivity contribution is -0.269. The molecule has 18 heavy (non-hydrogen) atoms. The molecule has 4 nitrogen and oxygen atoms in total. The Bertz CT molecular complexity index is 315. The molecule has 2 amide bonds. The van der Waals surface area contributed by atoms with Gasteiger partial charge in [-0.25, -0.2) is 0 Å². The van der Waals surface area contributed by atoms with Gasteiger partial charge in [0.25, 0.3) is 5.91 Å². The normalized spacial score (nSPS) is 12.4. The van der Waals surface area contributed by atoms with Crippen molar-refractivity contribution in [2.75, 3.05) is 13.1 Å². The predicted molar refractivity (Wildman–Crippen MR) is 51.9 cm³/mol. The number of amides is 2. The topological polar surface area (TPSA) is 58.2 Å². The third kappa shape index (κ3) is 4.46. The third-order valence-electron chi connectivity index (χ3n) is 1.88. The number of carbonyl (C=O) groups excluding carboxylic acids is 2. The van der Waals surface area contributed by atoms with E-state index in [-0.39, 0.29) is 12.5 Å². The molecule has 0 heterocycles. The molecule has 0 aromatic rings.